The largest absolute Gasteiger partial charge is 0.465 e. The summed E-state index contributed by atoms with van der Waals surface area (Å²) in [4.78, 5) is 21.4. The maximum Gasteiger partial charge on any atom is 0.337 e. The number of ether oxygens (including phenoxy) is 1. The molecule has 7 heteroatoms. The third-order valence-electron chi connectivity index (χ3n) is 3.36. The van der Waals surface area contributed by atoms with Crippen LogP contribution in [0.4, 0.5) is 5.69 Å². The van der Waals surface area contributed by atoms with Crippen LogP contribution in [0.15, 0.2) is 52.2 Å². The van der Waals surface area contributed by atoms with Crippen LogP contribution in [0, 0.1) is 11.3 Å². The fraction of sp³-hybridized carbons (Fsp3) is 0.111. The molecule has 0 amide bonds. The fourth-order valence-electron chi connectivity index (χ4n) is 2.08. The van der Waals surface area contributed by atoms with E-state index in [2.05, 4.69) is 20.8 Å². The molecule has 2 aromatic heterocycles. The van der Waals surface area contributed by atoms with E-state index < -0.39 is 11.9 Å². The molecule has 0 saturated heterocycles. The zero-order valence-electron chi connectivity index (χ0n) is 13.2. The van der Waals surface area contributed by atoms with Gasteiger partial charge in [-0.05, 0) is 35.7 Å². The molecule has 0 radical (unpaired) electrons. The van der Waals surface area contributed by atoms with Crippen molar-refractivity contribution in [2.24, 2.45) is 4.99 Å². The lowest BCUT2D eigenvalue weighted by Crippen LogP contribution is -2.00. The Morgan fingerprint density at radius 2 is 2.12 bits per heavy atom. The maximum atomic E-state index is 11.4. The van der Waals surface area contributed by atoms with Crippen LogP contribution in [-0.4, -0.2) is 24.3 Å². The summed E-state index contributed by atoms with van der Waals surface area (Å²) in [6, 6.07) is 12.9. The number of nitrogens with zero attached hydrogens (tertiary/aromatic N) is 3. The first-order valence-corrected chi connectivity index (χ1v) is 9.08. The van der Waals surface area contributed by atoms with Crippen LogP contribution in [0.2, 0.25) is 0 Å². The lowest BCUT2D eigenvalue weighted by Gasteiger charge is -2.00. The quantitative estimate of drug-likeness (QED) is 0.485. The highest BCUT2D eigenvalue weighted by molar-refractivity contribution is 7.14. The van der Waals surface area contributed by atoms with Crippen LogP contribution in [0.3, 0.4) is 0 Å². The first-order chi connectivity index (χ1) is 12.2. The van der Waals surface area contributed by atoms with E-state index in [1.54, 1.807) is 41.8 Å². The van der Waals surface area contributed by atoms with Gasteiger partial charge >= 0.3 is 5.97 Å². The Hall–Kier alpha value is -2.82. The van der Waals surface area contributed by atoms with Gasteiger partial charge in [-0.25, -0.2) is 9.78 Å². The van der Waals surface area contributed by atoms with Gasteiger partial charge in [-0.1, -0.05) is 6.07 Å². The zero-order valence-corrected chi connectivity index (χ0v) is 14.9. The molecule has 0 bridgehead atoms. The molecule has 5 nitrogen and oxygen atoms in total. The predicted octanol–water partition coefficient (Wildman–Crippen LogP) is 4.67. The summed E-state index contributed by atoms with van der Waals surface area (Å²) in [5.41, 5.74) is 1.99. The van der Waals surface area contributed by atoms with E-state index in [0.29, 0.717) is 16.3 Å². The summed E-state index contributed by atoms with van der Waals surface area (Å²) in [5.74, 6) is -0.909. The van der Waals surface area contributed by atoms with Crippen LogP contribution in [-0.2, 0) is 4.74 Å². The number of carbonyl (C=O) groups is 1. The SMILES string of the molecule is COC(=O)c1ccc(N=CC(C#N)c2nc(-c3cccs3)cs2)cc1. The van der Waals surface area contributed by atoms with Crippen LogP contribution in [0.5, 0.6) is 0 Å². The Kier molecular flexibility index (Phi) is 5.33. The van der Waals surface area contributed by atoms with E-state index >= 15 is 0 Å². The zero-order chi connectivity index (χ0) is 17.6. The Morgan fingerprint density at radius 3 is 2.76 bits per heavy atom. The van der Waals surface area contributed by atoms with E-state index in [-0.39, 0.29) is 0 Å². The molecule has 0 N–H and O–H groups in total. The van der Waals surface area contributed by atoms with Gasteiger partial charge in [0.25, 0.3) is 0 Å². The molecule has 0 aliphatic heterocycles. The molecular weight excluding hydrogens is 354 g/mol. The molecular formula is C18H13N3O2S2. The molecule has 25 heavy (non-hydrogen) atoms. The summed E-state index contributed by atoms with van der Waals surface area (Å²) in [6.07, 6.45) is 1.57. The number of hydrogen-bond donors (Lipinski definition) is 0. The van der Waals surface area contributed by atoms with Crippen molar-refractivity contribution in [2.75, 3.05) is 7.11 Å². The number of hydrogen-bond acceptors (Lipinski definition) is 7. The van der Waals surface area contributed by atoms with E-state index in [1.165, 1.54) is 18.4 Å². The summed E-state index contributed by atoms with van der Waals surface area (Å²) < 4.78 is 4.66. The molecule has 1 aromatic carbocycles. The maximum absolute atomic E-state index is 11.4. The summed E-state index contributed by atoms with van der Waals surface area (Å²) >= 11 is 3.06. The monoisotopic (exact) mass is 367 g/mol. The minimum atomic E-state index is -0.515. The lowest BCUT2D eigenvalue weighted by molar-refractivity contribution is 0.0601. The molecule has 2 heterocycles. The number of nitriles is 1. The standard InChI is InChI=1S/C18H13N3O2S2/c1-23-18(22)12-4-6-14(7-5-12)20-10-13(9-19)17-21-15(11-25-17)16-3-2-8-24-16/h2-8,10-11,13H,1H3. The highest BCUT2D eigenvalue weighted by atomic mass is 32.1. The van der Waals surface area contributed by atoms with Gasteiger partial charge < -0.3 is 4.74 Å². The van der Waals surface area contributed by atoms with Gasteiger partial charge in [0.1, 0.15) is 10.9 Å². The highest BCUT2D eigenvalue weighted by Gasteiger charge is 2.14. The van der Waals surface area contributed by atoms with Crippen molar-refractivity contribution in [1.82, 2.24) is 4.98 Å². The number of aromatic nitrogens is 1. The van der Waals surface area contributed by atoms with Crippen molar-refractivity contribution < 1.29 is 9.53 Å². The number of thiazole rings is 1. The summed E-state index contributed by atoms with van der Waals surface area (Å²) in [6.45, 7) is 0. The predicted molar refractivity (Wildman–Crippen MR) is 99.7 cm³/mol. The molecule has 0 aliphatic carbocycles. The van der Waals surface area contributed by atoms with Crippen molar-refractivity contribution in [2.45, 2.75) is 5.92 Å². The van der Waals surface area contributed by atoms with Crippen molar-refractivity contribution in [3.8, 4) is 16.6 Å². The van der Waals surface area contributed by atoms with E-state index in [4.69, 9.17) is 0 Å². The molecule has 0 fully saturated rings. The Labute approximate surface area is 152 Å². The van der Waals surface area contributed by atoms with Gasteiger partial charge in [0.15, 0.2) is 0 Å². The van der Waals surface area contributed by atoms with Gasteiger partial charge in [0.05, 0.1) is 35.0 Å². The number of methoxy groups -OCH3 is 1. The average Bonchev–Trinajstić information content (AvgIpc) is 3.34. The lowest BCUT2D eigenvalue weighted by atomic mass is 10.2. The van der Waals surface area contributed by atoms with Crippen LogP contribution in [0.25, 0.3) is 10.6 Å². The highest BCUT2D eigenvalue weighted by Crippen LogP contribution is 2.29. The Bertz CT molecular complexity index is 922. The van der Waals surface area contributed by atoms with Crippen molar-refractivity contribution in [3.63, 3.8) is 0 Å². The summed E-state index contributed by atoms with van der Waals surface area (Å²) in [5, 5.41) is 14.1. The van der Waals surface area contributed by atoms with Crippen LogP contribution < -0.4 is 0 Å². The number of aliphatic imine (C=N–C) groups is 1. The first kappa shape index (κ1) is 17.0. The Morgan fingerprint density at radius 1 is 1.32 bits per heavy atom. The third-order valence-corrected chi connectivity index (χ3v) is 5.18. The molecule has 1 unspecified atom stereocenters. The second-order valence-corrected chi connectivity index (χ2v) is 6.81. The molecule has 3 rings (SSSR count). The minimum Gasteiger partial charge on any atom is -0.465 e. The van der Waals surface area contributed by atoms with Gasteiger partial charge in [-0.3, -0.25) is 4.99 Å². The van der Waals surface area contributed by atoms with E-state index in [1.807, 2.05) is 22.9 Å². The second kappa shape index (κ2) is 7.83. The minimum absolute atomic E-state index is 0.394. The number of carbonyl (C=O) groups excluding carboxylic acids is 1. The number of thiophene rings is 1. The van der Waals surface area contributed by atoms with Gasteiger partial charge in [-0.2, -0.15) is 5.26 Å². The molecule has 0 saturated carbocycles. The number of benzene rings is 1. The molecule has 0 aliphatic rings. The van der Waals surface area contributed by atoms with Crippen molar-refractivity contribution in [1.29, 1.82) is 5.26 Å². The average molecular weight is 367 g/mol. The second-order valence-electron chi connectivity index (χ2n) is 4.97. The van der Waals surface area contributed by atoms with Gasteiger partial charge in [-0.15, -0.1) is 22.7 Å². The molecule has 3 aromatic rings. The van der Waals surface area contributed by atoms with Crippen molar-refractivity contribution >= 4 is 40.5 Å². The van der Waals surface area contributed by atoms with E-state index in [0.717, 1.165) is 10.6 Å². The van der Waals surface area contributed by atoms with Crippen LogP contribution >= 0.6 is 22.7 Å². The van der Waals surface area contributed by atoms with Gasteiger partial charge in [0.2, 0.25) is 0 Å². The van der Waals surface area contributed by atoms with Crippen LogP contribution in [0.1, 0.15) is 21.3 Å². The fourth-order valence-corrected chi connectivity index (χ4v) is 3.67. The van der Waals surface area contributed by atoms with E-state index in [9.17, 15) is 10.1 Å². The summed E-state index contributed by atoms with van der Waals surface area (Å²) in [7, 11) is 1.34. The normalized spacial score (nSPS) is 12.0. The molecule has 0 spiro atoms. The number of esters is 1. The molecule has 124 valence electrons. The molecule has 1 atom stereocenters. The first-order valence-electron chi connectivity index (χ1n) is 7.32. The smallest absolute Gasteiger partial charge is 0.337 e. The number of rotatable bonds is 5. The van der Waals surface area contributed by atoms with Gasteiger partial charge in [0, 0.05) is 11.6 Å². The topological polar surface area (TPSA) is 75.3 Å². The van der Waals surface area contributed by atoms with Crippen molar-refractivity contribution in [3.05, 3.63) is 57.7 Å². The Balaban J connectivity index is 1.75. The third kappa shape index (κ3) is 3.99.